The fourth-order valence-corrected chi connectivity index (χ4v) is 6.72. The largest absolute Gasteiger partial charge is 0.477 e. The molecule has 0 aliphatic heterocycles. The number of aryl methyl sites for hydroxylation is 1. The molecule has 0 spiro atoms. The first-order chi connectivity index (χ1) is 22.4. The molecule has 0 fully saturated rings. The second kappa shape index (κ2) is 14.5. The first kappa shape index (κ1) is 35.2. The minimum atomic E-state index is -1.23. The van der Waals surface area contributed by atoms with Crippen LogP contribution in [0.3, 0.4) is 0 Å². The van der Waals surface area contributed by atoms with Gasteiger partial charge in [-0.05, 0) is 63.5 Å². The van der Waals surface area contributed by atoms with Gasteiger partial charge in [0.1, 0.15) is 5.58 Å². The Morgan fingerprint density at radius 2 is 1.46 bits per heavy atom. The Hall–Kier alpha value is -4.15. The molecule has 4 aromatic carbocycles. The van der Waals surface area contributed by atoms with Crippen molar-refractivity contribution in [3.63, 3.8) is 0 Å². The molecular weight excluding hydrogens is 781 g/mol. The fraction of sp³-hybridized carbons (Fsp3) is 0.209. The van der Waals surface area contributed by atoms with Crippen LogP contribution in [0.2, 0.25) is 19.6 Å². The average molecular weight is 823 g/mol. The molecule has 0 N–H and O–H groups in total. The summed E-state index contributed by atoms with van der Waals surface area (Å²) in [7, 11) is -1.23. The molecule has 3 heterocycles. The second-order valence-corrected chi connectivity index (χ2v) is 19.6. The van der Waals surface area contributed by atoms with Crippen molar-refractivity contribution in [2.24, 2.45) is 5.41 Å². The van der Waals surface area contributed by atoms with E-state index in [1.54, 1.807) is 0 Å². The zero-order chi connectivity index (χ0) is 33.2. The molecule has 0 unspecified atom stereocenters. The standard InChI is InChI=1S/C29H26NO.C14H16NSi.Ir/c1-19-18-30-26(15-23(19)17-29(2,3)4)22-10-12-24-25-14-21(20-8-6-5-7-9-20)11-13-27(25)31-28(24)16-22;1-16(2,3)13-9-10-14(15-11-13)12-7-5-4-6-8-12;/h5-15,18H,17H2,1-4H3;4-7,9-11H,1-3H3;/q2*-1;. The Bertz CT molecular complexity index is 2130. The van der Waals surface area contributed by atoms with Gasteiger partial charge in [-0.1, -0.05) is 118 Å². The summed E-state index contributed by atoms with van der Waals surface area (Å²) >= 11 is 0. The van der Waals surface area contributed by atoms with Gasteiger partial charge in [-0.15, -0.1) is 53.6 Å². The third-order valence-electron chi connectivity index (χ3n) is 8.32. The number of nitrogens with zero attached hydrogens (tertiary/aromatic N) is 2. The van der Waals surface area contributed by atoms with Crippen molar-refractivity contribution in [1.82, 2.24) is 9.97 Å². The Kier molecular flexibility index (Phi) is 10.6. The van der Waals surface area contributed by atoms with Gasteiger partial charge in [0, 0.05) is 32.5 Å². The molecule has 245 valence electrons. The summed E-state index contributed by atoms with van der Waals surface area (Å²) in [6.45, 7) is 15.9. The van der Waals surface area contributed by atoms with Gasteiger partial charge in [0.25, 0.3) is 0 Å². The molecule has 7 aromatic rings. The maximum atomic E-state index is 6.16. The van der Waals surface area contributed by atoms with Gasteiger partial charge < -0.3 is 14.4 Å². The molecule has 0 aliphatic carbocycles. The minimum absolute atomic E-state index is 0. The summed E-state index contributed by atoms with van der Waals surface area (Å²) in [5, 5.41) is 3.59. The quantitative estimate of drug-likeness (QED) is 0.128. The van der Waals surface area contributed by atoms with Crippen molar-refractivity contribution in [1.29, 1.82) is 0 Å². The molecule has 0 amide bonds. The van der Waals surface area contributed by atoms with E-state index >= 15 is 0 Å². The van der Waals surface area contributed by atoms with Crippen molar-refractivity contribution in [3.8, 4) is 33.6 Å². The van der Waals surface area contributed by atoms with Crippen molar-refractivity contribution in [2.75, 3.05) is 0 Å². The maximum absolute atomic E-state index is 6.16. The van der Waals surface area contributed by atoms with Crippen LogP contribution in [0.1, 0.15) is 31.9 Å². The molecule has 0 aliphatic rings. The third kappa shape index (κ3) is 8.28. The van der Waals surface area contributed by atoms with Gasteiger partial charge in [0.05, 0.1) is 13.7 Å². The molecule has 0 atom stereocenters. The first-order valence-electron chi connectivity index (χ1n) is 16.3. The average Bonchev–Trinajstić information content (AvgIpc) is 3.43. The Labute approximate surface area is 299 Å². The summed E-state index contributed by atoms with van der Waals surface area (Å²) in [4.78, 5) is 9.20. The van der Waals surface area contributed by atoms with Gasteiger partial charge in [-0.2, -0.15) is 0 Å². The fourth-order valence-electron chi connectivity index (χ4n) is 5.69. The number of rotatable bonds is 5. The predicted molar refractivity (Wildman–Crippen MR) is 201 cm³/mol. The summed E-state index contributed by atoms with van der Waals surface area (Å²) in [6, 6.07) is 42.1. The SMILES string of the molecule is C[Si](C)(C)c1ccc(-c2[c-]cccc2)nc1.Cc1cnc(-c2[c-]c3oc4ccc(-c5ccccc5)cc4c3cc2)cc1CC(C)(C)C.[Ir]. The van der Waals surface area contributed by atoms with Gasteiger partial charge in [-0.25, -0.2) is 0 Å². The number of fused-ring (bicyclic) bond motifs is 3. The van der Waals surface area contributed by atoms with E-state index in [1.807, 2.05) is 42.7 Å². The number of aromatic nitrogens is 2. The molecule has 1 radical (unpaired) electrons. The molecule has 0 saturated carbocycles. The van der Waals surface area contributed by atoms with E-state index in [9.17, 15) is 0 Å². The van der Waals surface area contributed by atoms with Crippen LogP contribution in [0.5, 0.6) is 0 Å². The maximum Gasteiger partial charge on any atom is 0.123 e. The zero-order valence-electron chi connectivity index (χ0n) is 28.8. The smallest absolute Gasteiger partial charge is 0.123 e. The number of hydrogen-bond acceptors (Lipinski definition) is 3. The zero-order valence-corrected chi connectivity index (χ0v) is 32.2. The van der Waals surface area contributed by atoms with Crippen molar-refractivity contribution >= 4 is 35.2 Å². The van der Waals surface area contributed by atoms with E-state index in [1.165, 1.54) is 27.4 Å². The van der Waals surface area contributed by atoms with Crippen molar-refractivity contribution in [2.45, 2.75) is 53.8 Å². The van der Waals surface area contributed by atoms with Gasteiger partial charge >= 0.3 is 0 Å². The number of furan rings is 1. The normalized spacial score (nSPS) is 11.6. The minimum Gasteiger partial charge on any atom is -0.477 e. The Morgan fingerprint density at radius 3 is 2.12 bits per heavy atom. The van der Waals surface area contributed by atoms with E-state index < -0.39 is 8.07 Å². The van der Waals surface area contributed by atoms with E-state index in [4.69, 9.17) is 4.42 Å². The van der Waals surface area contributed by atoms with Gasteiger partial charge in [0.2, 0.25) is 0 Å². The van der Waals surface area contributed by atoms with Crippen LogP contribution < -0.4 is 5.19 Å². The van der Waals surface area contributed by atoms with Crippen LogP contribution in [0, 0.1) is 24.5 Å². The number of benzene rings is 4. The summed E-state index contributed by atoms with van der Waals surface area (Å²) in [5.41, 5.74) is 10.8. The van der Waals surface area contributed by atoms with Crippen LogP contribution in [0.4, 0.5) is 0 Å². The summed E-state index contributed by atoms with van der Waals surface area (Å²) < 4.78 is 6.16. The Morgan fingerprint density at radius 1 is 0.708 bits per heavy atom. The van der Waals surface area contributed by atoms with Crippen LogP contribution in [-0.2, 0) is 26.5 Å². The van der Waals surface area contributed by atoms with E-state index in [0.717, 1.165) is 50.9 Å². The van der Waals surface area contributed by atoms with E-state index in [-0.39, 0.29) is 25.5 Å². The van der Waals surface area contributed by atoms with Gasteiger partial charge in [-0.3, -0.25) is 0 Å². The van der Waals surface area contributed by atoms with Gasteiger partial charge in [0.15, 0.2) is 0 Å². The summed E-state index contributed by atoms with van der Waals surface area (Å²) in [6.07, 6.45) is 5.01. The summed E-state index contributed by atoms with van der Waals surface area (Å²) in [5.74, 6) is 0. The number of pyridine rings is 2. The van der Waals surface area contributed by atoms with Crippen molar-refractivity contribution < 1.29 is 24.5 Å². The third-order valence-corrected chi connectivity index (χ3v) is 10.4. The predicted octanol–water partition coefficient (Wildman–Crippen LogP) is 11.1. The van der Waals surface area contributed by atoms with Crippen LogP contribution in [-0.4, -0.2) is 18.0 Å². The van der Waals surface area contributed by atoms with Crippen LogP contribution in [0.15, 0.2) is 120 Å². The molecule has 5 heteroatoms. The molecule has 3 nitrogen and oxygen atoms in total. The Balaban J connectivity index is 0.000000224. The van der Waals surface area contributed by atoms with Crippen LogP contribution >= 0.6 is 0 Å². The van der Waals surface area contributed by atoms with E-state index in [2.05, 4.69) is 142 Å². The molecule has 7 rings (SSSR count). The molecule has 0 bridgehead atoms. The monoisotopic (exact) mass is 823 g/mol. The molecule has 3 aromatic heterocycles. The van der Waals surface area contributed by atoms with Crippen molar-refractivity contribution in [3.05, 3.63) is 139 Å². The van der Waals surface area contributed by atoms with Crippen LogP contribution in [0.25, 0.3) is 55.6 Å². The molecule has 0 saturated heterocycles. The molecule has 48 heavy (non-hydrogen) atoms. The molecular formula is C43H42IrN2OSi-2. The van der Waals surface area contributed by atoms with E-state index in [0.29, 0.717) is 0 Å². The number of hydrogen-bond donors (Lipinski definition) is 0. The second-order valence-electron chi connectivity index (χ2n) is 14.5. The topological polar surface area (TPSA) is 38.9 Å². The first-order valence-corrected chi connectivity index (χ1v) is 19.8.